The third-order valence-electron chi connectivity index (χ3n) is 2.24. The maximum Gasteiger partial charge on any atom is 0.426 e. The highest BCUT2D eigenvalue weighted by molar-refractivity contribution is 7.81. The van der Waals surface area contributed by atoms with Crippen molar-refractivity contribution in [2.45, 2.75) is 39.5 Å². The van der Waals surface area contributed by atoms with Gasteiger partial charge in [-0.25, -0.2) is 9.07 Å². The van der Waals surface area contributed by atoms with E-state index in [-0.39, 0.29) is 19.8 Å². The highest BCUT2D eigenvalue weighted by Crippen LogP contribution is 2.02. The highest BCUT2D eigenvalue weighted by atomic mass is 32.3. The van der Waals surface area contributed by atoms with Crippen LogP contribution < -0.4 is 0 Å². The maximum absolute atomic E-state index is 11.2. The molecule has 0 aliphatic carbocycles. The molecule has 0 atom stereocenters. The maximum atomic E-state index is 11.2. The van der Waals surface area contributed by atoms with E-state index in [4.69, 9.17) is 9.47 Å². The van der Waals surface area contributed by atoms with E-state index in [1.54, 1.807) is 0 Å². The van der Waals surface area contributed by atoms with Gasteiger partial charge in [0, 0.05) is 6.61 Å². The molecule has 8 heteroatoms. The summed E-state index contributed by atoms with van der Waals surface area (Å²) >= 11 is 0. The van der Waals surface area contributed by atoms with Gasteiger partial charge >= 0.3 is 10.4 Å². The van der Waals surface area contributed by atoms with Crippen LogP contribution >= 0.6 is 0 Å². The largest absolute Gasteiger partial charge is 0.426 e. The molecule has 7 nitrogen and oxygen atoms in total. The molecule has 20 heavy (non-hydrogen) atoms. The molecule has 0 amide bonds. The van der Waals surface area contributed by atoms with E-state index in [9.17, 15) is 8.42 Å². The Morgan fingerprint density at radius 3 is 2.20 bits per heavy atom. The second-order valence-electron chi connectivity index (χ2n) is 3.99. The number of ether oxygens (including phenoxy) is 2. The average Bonchev–Trinajstić information content (AvgIpc) is 2.41. The van der Waals surface area contributed by atoms with E-state index >= 15 is 0 Å². The van der Waals surface area contributed by atoms with Crippen LogP contribution in [0.2, 0.25) is 0 Å². The molecule has 0 heterocycles. The number of rotatable bonds is 15. The van der Waals surface area contributed by atoms with E-state index < -0.39 is 10.4 Å². The topological polar surface area (TPSA) is 80.3 Å². The summed E-state index contributed by atoms with van der Waals surface area (Å²) in [6, 6.07) is 0. The van der Waals surface area contributed by atoms with Crippen molar-refractivity contribution >= 4 is 10.4 Å². The molecule has 0 fully saturated rings. The first kappa shape index (κ1) is 19.8. The first-order valence-electron chi connectivity index (χ1n) is 6.98. The molecule has 122 valence electrons. The van der Waals surface area contributed by atoms with E-state index in [0.717, 1.165) is 25.7 Å². The van der Waals surface area contributed by atoms with Gasteiger partial charge in [-0.15, -0.1) is 0 Å². The lowest BCUT2D eigenvalue weighted by Gasteiger charge is -2.06. The van der Waals surface area contributed by atoms with Crippen LogP contribution in [0.15, 0.2) is 0 Å². The Morgan fingerprint density at radius 1 is 0.800 bits per heavy atom. The van der Waals surface area contributed by atoms with Gasteiger partial charge in [-0.3, -0.25) is 0 Å². The standard InChI is InChI=1S/C12H26O7S/c1-3-5-6-7-8-17-19-20(13,14)18-12-11-16-10-9-15-4-2/h3-12H2,1-2H3. The first-order valence-corrected chi connectivity index (χ1v) is 8.31. The van der Waals surface area contributed by atoms with Gasteiger partial charge in [0.1, 0.15) is 0 Å². The van der Waals surface area contributed by atoms with Crippen LogP contribution in [0.4, 0.5) is 0 Å². The quantitative estimate of drug-likeness (QED) is 0.259. The summed E-state index contributed by atoms with van der Waals surface area (Å²) in [5.41, 5.74) is 0. The van der Waals surface area contributed by atoms with Crippen LogP contribution in [0.1, 0.15) is 39.5 Å². The molecular formula is C12H26O7S. The van der Waals surface area contributed by atoms with Crippen LogP contribution in [0.3, 0.4) is 0 Å². The molecule has 0 bridgehead atoms. The number of hydrogen-bond acceptors (Lipinski definition) is 7. The summed E-state index contributed by atoms with van der Waals surface area (Å²) in [4.78, 5) is 4.58. The molecule has 0 aromatic rings. The van der Waals surface area contributed by atoms with Crippen LogP contribution in [0.5, 0.6) is 0 Å². The lowest BCUT2D eigenvalue weighted by molar-refractivity contribution is -0.210. The normalized spacial score (nSPS) is 11.9. The van der Waals surface area contributed by atoms with Crippen LogP contribution in [-0.4, -0.2) is 48.1 Å². The second-order valence-corrected chi connectivity index (χ2v) is 5.18. The van der Waals surface area contributed by atoms with E-state index in [1.807, 2.05) is 6.92 Å². The van der Waals surface area contributed by atoms with Gasteiger partial charge in [0.15, 0.2) is 0 Å². The van der Waals surface area contributed by atoms with E-state index in [1.165, 1.54) is 0 Å². The Balaban J connectivity index is 3.41. The molecule has 0 aliphatic rings. The number of unbranched alkanes of at least 4 members (excludes halogenated alkanes) is 3. The molecule has 0 N–H and O–H groups in total. The predicted molar refractivity (Wildman–Crippen MR) is 73.4 cm³/mol. The van der Waals surface area contributed by atoms with Crippen molar-refractivity contribution in [3.8, 4) is 0 Å². The fraction of sp³-hybridized carbons (Fsp3) is 1.00. The van der Waals surface area contributed by atoms with Crippen molar-refractivity contribution in [3.05, 3.63) is 0 Å². The average molecular weight is 314 g/mol. The third kappa shape index (κ3) is 14.2. The fourth-order valence-corrected chi connectivity index (χ4v) is 1.76. The molecule has 0 radical (unpaired) electrons. The summed E-state index contributed by atoms with van der Waals surface area (Å²) in [6.07, 6.45) is 3.93. The van der Waals surface area contributed by atoms with Crippen molar-refractivity contribution in [1.82, 2.24) is 0 Å². The van der Waals surface area contributed by atoms with Crippen LogP contribution in [0, 0.1) is 0 Å². The summed E-state index contributed by atoms with van der Waals surface area (Å²) in [5, 5.41) is 0. The minimum absolute atomic E-state index is 0.117. The van der Waals surface area contributed by atoms with Crippen LogP contribution in [-0.2, 0) is 33.3 Å². The predicted octanol–water partition coefficient (Wildman–Crippen LogP) is 1.83. The minimum atomic E-state index is -4.11. The SMILES string of the molecule is CCCCCCOOS(=O)(=O)OCCOCCOCC. The summed E-state index contributed by atoms with van der Waals surface area (Å²) in [7, 11) is -4.11. The van der Waals surface area contributed by atoms with E-state index in [2.05, 4.69) is 20.3 Å². The van der Waals surface area contributed by atoms with Gasteiger partial charge < -0.3 is 9.47 Å². The van der Waals surface area contributed by atoms with E-state index in [0.29, 0.717) is 19.8 Å². The van der Waals surface area contributed by atoms with Crippen molar-refractivity contribution in [3.63, 3.8) is 0 Å². The zero-order chi connectivity index (χ0) is 15.1. The molecular weight excluding hydrogens is 288 g/mol. The van der Waals surface area contributed by atoms with Gasteiger partial charge in [-0.05, 0) is 13.3 Å². The summed E-state index contributed by atoms with van der Waals surface area (Å²) in [6.45, 7) is 5.72. The Kier molecular flexibility index (Phi) is 13.5. The van der Waals surface area contributed by atoms with Crippen LogP contribution in [0.25, 0.3) is 0 Å². The van der Waals surface area contributed by atoms with Crippen molar-refractivity contribution < 1.29 is 31.3 Å². The molecule has 0 rings (SSSR count). The van der Waals surface area contributed by atoms with Crippen molar-refractivity contribution in [1.29, 1.82) is 0 Å². The summed E-state index contributed by atoms with van der Waals surface area (Å²) in [5.74, 6) is 0. The Hall–Kier alpha value is -0.250. The molecule has 0 saturated heterocycles. The molecule has 0 unspecified atom stereocenters. The zero-order valence-corrected chi connectivity index (χ0v) is 13.2. The van der Waals surface area contributed by atoms with Gasteiger partial charge in [-0.2, -0.15) is 8.42 Å². The first-order chi connectivity index (χ1) is 9.62. The third-order valence-corrected chi connectivity index (χ3v) is 2.96. The Morgan fingerprint density at radius 2 is 1.50 bits per heavy atom. The van der Waals surface area contributed by atoms with Gasteiger partial charge in [0.25, 0.3) is 0 Å². The monoisotopic (exact) mass is 314 g/mol. The fourth-order valence-electron chi connectivity index (χ4n) is 1.26. The van der Waals surface area contributed by atoms with Crippen molar-refractivity contribution in [2.75, 3.05) is 39.6 Å². The number of hydrogen-bond donors (Lipinski definition) is 0. The molecule has 0 aromatic carbocycles. The zero-order valence-electron chi connectivity index (χ0n) is 12.3. The smallest absolute Gasteiger partial charge is 0.379 e. The minimum Gasteiger partial charge on any atom is -0.379 e. The molecule has 0 aromatic heterocycles. The van der Waals surface area contributed by atoms with Gasteiger partial charge in [0.2, 0.25) is 0 Å². The molecule has 0 saturated carbocycles. The van der Waals surface area contributed by atoms with Gasteiger partial charge in [0.05, 0.1) is 33.0 Å². The Labute approximate surface area is 121 Å². The molecule has 0 spiro atoms. The lowest BCUT2D eigenvalue weighted by Crippen LogP contribution is -2.16. The summed E-state index contributed by atoms with van der Waals surface area (Å²) < 4.78 is 41.3. The second kappa shape index (κ2) is 13.7. The van der Waals surface area contributed by atoms with Crippen molar-refractivity contribution in [2.24, 2.45) is 0 Å². The molecule has 0 aliphatic heterocycles. The van der Waals surface area contributed by atoms with Gasteiger partial charge in [-0.1, -0.05) is 30.5 Å². The Bertz CT molecular complexity index is 292. The highest BCUT2D eigenvalue weighted by Gasteiger charge is 2.12. The lowest BCUT2D eigenvalue weighted by atomic mass is 10.2.